The lowest BCUT2D eigenvalue weighted by atomic mass is 10.1. The van der Waals surface area contributed by atoms with Crippen molar-refractivity contribution < 1.29 is 23.0 Å². The second-order valence-corrected chi connectivity index (χ2v) is 8.19. The number of carbonyl (C=O) groups excluding carboxylic acids is 1. The highest BCUT2D eigenvalue weighted by molar-refractivity contribution is 5.68. The van der Waals surface area contributed by atoms with Crippen molar-refractivity contribution in [3.05, 3.63) is 35.7 Å². The minimum atomic E-state index is -0.601. The van der Waals surface area contributed by atoms with Crippen molar-refractivity contribution in [1.82, 2.24) is 14.9 Å². The van der Waals surface area contributed by atoms with Gasteiger partial charge in [0.05, 0.1) is 23.0 Å². The molecule has 8 nitrogen and oxygen atoms in total. The number of amides is 1. The second-order valence-electron chi connectivity index (χ2n) is 8.19. The summed E-state index contributed by atoms with van der Waals surface area (Å²) in [5, 5.41) is 2.83. The van der Waals surface area contributed by atoms with Crippen LogP contribution in [-0.2, 0) is 4.74 Å². The number of rotatable bonds is 6. The van der Waals surface area contributed by atoms with Crippen LogP contribution in [0.25, 0.3) is 0 Å². The van der Waals surface area contributed by atoms with Crippen molar-refractivity contribution in [3.63, 3.8) is 0 Å². The predicted octanol–water partition coefficient (Wildman–Crippen LogP) is 4.26. The minimum absolute atomic E-state index is 0.0298. The molecule has 0 saturated carbocycles. The summed E-state index contributed by atoms with van der Waals surface area (Å²) in [7, 11) is 3.28. The van der Waals surface area contributed by atoms with Gasteiger partial charge in [-0.3, -0.25) is 0 Å². The summed E-state index contributed by atoms with van der Waals surface area (Å²) in [6, 6.07) is 2.22. The molecule has 1 saturated heterocycles. The van der Waals surface area contributed by atoms with Crippen LogP contribution in [0.4, 0.5) is 30.8 Å². The van der Waals surface area contributed by atoms with Gasteiger partial charge in [-0.1, -0.05) is 0 Å². The number of piperidine rings is 1. The van der Waals surface area contributed by atoms with Crippen LogP contribution in [0.2, 0.25) is 0 Å². The Labute approximate surface area is 186 Å². The fourth-order valence-electron chi connectivity index (χ4n) is 3.37. The molecule has 1 amide bonds. The van der Waals surface area contributed by atoms with Gasteiger partial charge in [-0.05, 0) is 20.8 Å². The van der Waals surface area contributed by atoms with Gasteiger partial charge in [0.1, 0.15) is 29.9 Å². The van der Waals surface area contributed by atoms with E-state index in [2.05, 4.69) is 15.3 Å². The minimum Gasteiger partial charge on any atom is -0.474 e. The molecule has 0 unspecified atom stereocenters. The maximum Gasteiger partial charge on any atom is 0.410 e. The third-order valence-electron chi connectivity index (χ3n) is 5.12. The molecule has 174 valence electrons. The van der Waals surface area contributed by atoms with E-state index in [0.29, 0.717) is 43.2 Å². The van der Waals surface area contributed by atoms with Crippen molar-refractivity contribution in [3.8, 4) is 5.88 Å². The molecular formula is C22H29F2N5O3. The van der Waals surface area contributed by atoms with E-state index in [9.17, 15) is 13.6 Å². The van der Waals surface area contributed by atoms with E-state index in [-0.39, 0.29) is 29.7 Å². The van der Waals surface area contributed by atoms with E-state index in [1.165, 1.54) is 11.2 Å². The third kappa shape index (κ3) is 5.54. The van der Waals surface area contributed by atoms with Crippen molar-refractivity contribution in [2.45, 2.75) is 45.8 Å². The van der Waals surface area contributed by atoms with Crippen LogP contribution < -0.4 is 15.0 Å². The number of carbonyl (C=O) groups is 1. The number of benzene rings is 1. The smallest absolute Gasteiger partial charge is 0.410 e. The molecule has 0 atom stereocenters. The molecule has 1 aliphatic rings. The molecule has 1 aliphatic heterocycles. The molecule has 0 aliphatic carbocycles. The molecule has 3 rings (SSSR count). The van der Waals surface area contributed by atoms with Gasteiger partial charge in [-0.25, -0.2) is 23.5 Å². The van der Waals surface area contributed by atoms with Crippen LogP contribution in [0, 0.1) is 18.6 Å². The van der Waals surface area contributed by atoms with Crippen LogP contribution in [0.3, 0.4) is 0 Å². The molecule has 2 heterocycles. The van der Waals surface area contributed by atoms with E-state index < -0.39 is 11.6 Å². The highest BCUT2D eigenvalue weighted by Gasteiger charge is 2.26. The molecule has 1 aromatic heterocycles. The first-order chi connectivity index (χ1) is 15.2. The molecule has 1 fully saturated rings. The molecule has 1 aromatic carbocycles. The number of nitrogens with zero attached hydrogens (tertiary/aromatic N) is 4. The van der Waals surface area contributed by atoms with E-state index in [4.69, 9.17) is 9.47 Å². The lowest BCUT2D eigenvalue weighted by Gasteiger charge is -2.32. The summed E-state index contributed by atoms with van der Waals surface area (Å²) in [6.07, 6.45) is 1.95. The molecule has 0 radical (unpaired) electrons. The zero-order valence-electron chi connectivity index (χ0n) is 19.0. The Morgan fingerprint density at radius 2 is 1.88 bits per heavy atom. The Kier molecular flexibility index (Phi) is 7.32. The average Bonchev–Trinajstić information content (AvgIpc) is 2.73. The Bertz CT molecular complexity index is 963. The van der Waals surface area contributed by atoms with Gasteiger partial charge in [-0.15, -0.1) is 0 Å². The topological polar surface area (TPSA) is 79.8 Å². The van der Waals surface area contributed by atoms with Gasteiger partial charge in [0.15, 0.2) is 0 Å². The number of hydrogen-bond acceptors (Lipinski definition) is 7. The highest BCUT2D eigenvalue weighted by Crippen LogP contribution is 2.30. The van der Waals surface area contributed by atoms with Gasteiger partial charge in [0.25, 0.3) is 0 Å². The van der Waals surface area contributed by atoms with Gasteiger partial charge in [0.2, 0.25) is 5.88 Å². The summed E-state index contributed by atoms with van der Waals surface area (Å²) < 4.78 is 40.0. The lowest BCUT2D eigenvalue weighted by Crippen LogP contribution is -2.42. The first kappa shape index (κ1) is 23.5. The molecule has 2 aromatic rings. The number of ether oxygens (including phenoxy) is 2. The van der Waals surface area contributed by atoms with E-state index >= 15 is 0 Å². The van der Waals surface area contributed by atoms with E-state index in [1.807, 2.05) is 13.8 Å². The zero-order chi connectivity index (χ0) is 23.4. The van der Waals surface area contributed by atoms with Gasteiger partial charge >= 0.3 is 6.09 Å². The third-order valence-corrected chi connectivity index (χ3v) is 5.12. The standard InChI is InChI=1S/C22H29F2N5O3/c1-13(2)31-22(30)29-8-6-15(7-9-29)32-21-14(3)20(25-12-26-21)27-18-10-17(24)19(28(4)5)11-16(18)23/h10-13,15H,6-9H2,1-5H3,(H,25,26,27). The van der Waals surface area contributed by atoms with Gasteiger partial charge < -0.3 is 24.6 Å². The molecule has 0 bridgehead atoms. The predicted molar refractivity (Wildman–Crippen MR) is 118 cm³/mol. The Hall–Kier alpha value is -3.17. The average molecular weight is 450 g/mol. The fraction of sp³-hybridized carbons (Fsp3) is 0.500. The van der Waals surface area contributed by atoms with Crippen molar-refractivity contribution in [2.75, 3.05) is 37.4 Å². The summed E-state index contributed by atoms with van der Waals surface area (Å²) in [4.78, 5) is 23.5. The van der Waals surface area contributed by atoms with Crippen LogP contribution >= 0.6 is 0 Å². The number of likely N-dealkylation sites (tertiary alicyclic amines) is 1. The van der Waals surface area contributed by atoms with Gasteiger partial charge in [-0.2, -0.15) is 0 Å². The summed E-state index contributed by atoms with van der Waals surface area (Å²) in [6.45, 7) is 6.42. The Balaban J connectivity index is 1.67. The number of halogens is 2. The maximum atomic E-state index is 14.5. The number of aromatic nitrogens is 2. The molecule has 10 heteroatoms. The van der Waals surface area contributed by atoms with Crippen LogP contribution in [0.15, 0.2) is 18.5 Å². The Morgan fingerprint density at radius 1 is 1.19 bits per heavy atom. The number of hydrogen-bond donors (Lipinski definition) is 1. The first-order valence-corrected chi connectivity index (χ1v) is 10.5. The Morgan fingerprint density at radius 3 is 2.50 bits per heavy atom. The number of anilines is 3. The van der Waals surface area contributed by atoms with Gasteiger partial charge in [0, 0.05) is 52.2 Å². The molecule has 0 spiro atoms. The zero-order valence-corrected chi connectivity index (χ0v) is 19.0. The quantitative estimate of drug-likeness (QED) is 0.706. The van der Waals surface area contributed by atoms with Crippen molar-refractivity contribution >= 4 is 23.3 Å². The summed E-state index contributed by atoms with van der Waals surface area (Å²) in [5.74, 6) is -0.471. The lowest BCUT2D eigenvalue weighted by molar-refractivity contribution is 0.0505. The molecular weight excluding hydrogens is 420 g/mol. The van der Waals surface area contributed by atoms with Crippen LogP contribution in [-0.4, -0.2) is 60.4 Å². The van der Waals surface area contributed by atoms with Crippen LogP contribution in [0.5, 0.6) is 5.88 Å². The largest absolute Gasteiger partial charge is 0.474 e. The molecule has 1 N–H and O–H groups in total. The first-order valence-electron chi connectivity index (χ1n) is 10.5. The highest BCUT2D eigenvalue weighted by atomic mass is 19.1. The van der Waals surface area contributed by atoms with E-state index in [0.717, 1.165) is 12.1 Å². The number of nitrogens with one attached hydrogen (secondary N) is 1. The summed E-state index contributed by atoms with van der Waals surface area (Å²) in [5.41, 5.74) is 0.698. The monoisotopic (exact) mass is 449 g/mol. The van der Waals surface area contributed by atoms with Crippen LogP contribution in [0.1, 0.15) is 32.3 Å². The van der Waals surface area contributed by atoms with E-state index in [1.54, 1.807) is 25.9 Å². The maximum absolute atomic E-state index is 14.5. The second kappa shape index (κ2) is 9.97. The van der Waals surface area contributed by atoms with Crippen molar-refractivity contribution in [1.29, 1.82) is 0 Å². The molecule has 32 heavy (non-hydrogen) atoms. The SMILES string of the molecule is Cc1c(Nc2cc(F)c(N(C)C)cc2F)ncnc1OC1CCN(C(=O)OC(C)C)CC1. The van der Waals surface area contributed by atoms with Crippen molar-refractivity contribution in [2.24, 2.45) is 0 Å². The fourth-order valence-corrected chi connectivity index (χ4v) is 3.37. The normalized spacial score (nSPS) is 14.4. The summed E-state index contributed by atoms with van der Waals surface area (Å²) >= 11 is 0.